The third-order valence-electron chi connectivity index (χ3n) is 5.93. The van der Waals surface area contributed by atoms with Crippen molar-refractivity contribution in [3.05, 3.63) is 76.4 Å². The minimum absolute atomic E-state index is 0.0398. The Balaban J connectivity index is 1.67. The third-order valence-corrected chi connectivity index (χ3v) is 6.30. The summed E-state index contributed by atoms with van der Waals surface area (Å²) in [5, 5.41) is 6.42. The van der Waals surface area contributed by atoms with Crippen molar-refractivity contribution >= 4 is 35.1 Å². The van der Waals surface area contributed by atoms with Gasteiger partial charge < -0.3 is 21.3 Å². The van der Waals surface area contributed by atoms with Crippen molar-refractivity contribution in [2.24, 2.45) is 5.73 Å². The Morgan fingerprint density at radius 3 is 2.59 bits per heavy atom. The smallest absolute Gasteiger partial charge is 0.272 e. The molecular formula is C25H29ClN6O2. The van der Waals surface area contributed by atoms with Gasteiger partial charge >= 0.3 is 0 Å². The number of carbonyl (C=O) groups excluding carboxylic acids is 2. The van der Waals surface area contributed by atoms with Crippen LogP contribution in [0.2, 0.25) is 5.02 Å². The highest BCUT2D eigenvalue weighted by molar-refractivity contribution is 6.31. The molecule has 1 amide bonds. The molecule has 1 atom stereocenters. The van der Waals surface area contributed by atoms with Crippen molar-refractivity contribution in [3.63, 3.8) is 0 Å². The monoisotopic (exact) mass is 480 g/mol. The summed E-state index contributed by atoms with van der Waals surface area (Å²) in [7, 11) is 1.72. The number of benzene rings is 2. The molecule has 0 unspecified atom stereocenters. The van der Waals surface area contributed by atoms with Crippen molar-refractivity contribution in [1.82, 2.24) is 14.9 Å². The van der Waals surface area contributed by atoms with Crippen molar-refractivity contribution in [1.29, 1.82) is 0 Å². The molecule has 3 aromatic rings. The normalized spacial score (nSPS) is 15.7. The second-order valence-electron chi connectivity index (χ2n) is 8.36. The molecule has 1 aliphatic rings. The van der Waals surface area contributed by atoms with E-state index in [1.54, 1.807) is 31.3 Å². The number of imidazole rings is 1. The number of Topliss-reactive ketones (excluding diaryl/α,β-unsaturated/α-hetero) is 1. The molecule has 4 rings (SSSR count). The quantitative estimate of drug-likeness (QED) is 0.428. The van der Waals surface area contributed by atoms with Gasteiger partial charge in [0.2, 0.25) is 5.95 Å². The standard InChI is InChI=1S/C25H29ClN6O2/c1-28-23-22(24(34)29-14-21(33)17-8-3-2-4-9-17)32(15-18-10-5-6-12-20(18)26)25(30-23)31-13-7-11-19(27)16-31/h2-6,8-10,12,19,28H,7,11,13-16,27H2,1H3,(H,29,34)/t19-/m1/s1. The number of hydrogen-bond acceptors (Lipinski definition) is 6. The maximum atomic E-state index is 13.4. The van der Waals surface area contributed by atoms with Gasteiger partial charge in [-0.2, -0.15) is 4.98 Å². The summed E-state index contributed by atoms with van der Waals surface area (Å²) in [4.78, 5) is 32.8. The highest BCUT2D eigenvalue weighted by Gasteiger charge is 2.28. The van der Waals surface area contributed by atoms with E-state index < -0.39 is 0 Å². The summed E-state index contributed by atoms with van der Waals surface area (Å²) in [5.41, 5.74) is 7.98. The van der Waals surface area contributed by atoms with E-state index in [2.05, 4.69) is 15.5 Å². The van der Waals surface area contributed by atoms with Crippen LogP contribution in [0.5, 0.6) is 0 Å². The lowest BCUT2D eigenvalue weighted by molar-refractivity contribution is 0.0899. The number of hydrogen-bond donors (Lipinski definition) is 3. The first-order chi connectivity index (χ1) is 16.5. The van der Waals surface area contributed by atoms with Gasteiger partial charge in [0.15, 0.2) is 17.3 Å². The zero-order chi connectivity index (χ0) is 24.1. The Labute approximate surface area is 204 Å². The SMILES string of the molecule is CNc1nc(N2CCC[C@@H](N)C2)n(Cc2ccccc2Cl)c1C(=O)NCC(=O)c1ccccc1. The number of anilines is 2. The molecule has 0 spiro atoms. The zero-order valence-corrected chi connectivity index (χ0v) is 19.9. The van der Waals surface area contributed by atoms with Gasteiger partial charge in [0.25, 0.3) is 5.91 Å². The van der Waals surface area contributed by atoms with Crippen LogP contribution < -0.4 is 21.3 Å². The number of nitrogens with one attached hydrogen (secondary N) is 2. The van der Waals surface area contributed by atoms with Gasteiger partial charge in [-0.25, -0.2) is 0 Å². The van der Waals surface area contributed by atoms with E-state index in [0.29, 0.717) is 41.1 Å². The molecule has 2 heterocycles. The fourth-order valence-corrected chi connectivity index (χ4v) is 4.39. The fourth-order valence-electron chi connectivity index (χ4n) is 4.20. The average Bonchev–Trinajstić information content (AvgIpc) is 3.22. The van der Waals surface area contributed by atoms with Crippen molar-refractivity contribution < 1.29 is 9.59 Å². The topological polar surface area (TPSA) is 105 Å². The van der Waals surface area contributed by atoms with E-state index in [-0.39, 0.29) is 24.3 Å². The van der Waals surface area contributed by atoms with E-state index in [1.165, 1.54) is 0 Å². The lowest BCUT2D eigenvalue weighted by Gasteiger charge is -2.32. The van der Waals surface area contributed by atoms with Gasteiger partial charge in [-0.15, -0.1) is 0 Å². The molecule has 34 heavy (non-hydrogen) atoms. The first-order valence-electron chi connectivity index (χ1n) is 11.4. The maximum Gasteiger partial charge on any atom is 0.272 e. The van der Waals surface area contributed by atoms with Crippen LogP contribution in [-0.4, -0.2) is 54.0 Å². The summed E-state index contributed by atoms with van der Waals surface area (Å²) in [6.45, 7) is 1.68. The Morgan fingerprint density at radius 2 is 1.88 bits per heavy atom. The van der Waals surface area contributed by atoms with Crippen molar-refractivity contribution in [3.8, 4) is 0 Å². The molecule has 8 nitrogen and oxygen atoms in total. The Bertz CT molecular complexity index is 1160. The van der Waals surface area contributed by atoms with Crippen LogP contribution in [0.4, 0.5) is 11.8 Å². The summed E-state index contributed by atoms with van der Waals surface area (Å²) in [6, 6.07) is 16.5. The summed E-state index contributed by atoms with van der Waals surface area (Å²) in [6.07, 6.45) is 1.90. The van der Waals surface area contributed by atoms with E-state index in [4.69, 9.17) is 22.3 Å². The number of halogens is 1. The lowest BCUT2D eigenvalue weighted by atomic mass is 10.1. The molecule has 0 radical (unpaired) electrons. The number of aromatic nitrogens is 2. The first-order valence-corrected chi connectivity index (χ1v) is 11.7. The van der Waals surface area contributed by atoms with E-state index >= 15 is 0 Å². The molecule has 2 aromatic carbocycles. The summed E-state index contributed by atoms with van der Waals surface area (Å²) >= 11 is 6.45. The third kappa shape index (κ3) is 5.24. The molecule has 1 fully saturated rings. The summed E-state index contributed by atoms with van der Waals surface area (Å²) in [5.74, 6) is 0.532. The second-order valence-corrected chi connectivity index (χ2v) is 8.76. The number of nitrogens with two attached hydrogens (primary N) is 1. The van der Waals surface area contributed by atoms with Crippen molar-refractivity contribution in [2.75, 3.05) is 36.9 Å². The average molecular weight is 481 g/mol. The Kier molecular flexibility index (Phi) is 7.49. The highest BCUT2D eigenvalue weighted by atomic mass is 35.5. The Morgan fingerprint density at radius 1 is 1.15 bits per heavy atom. The summed E-state index contributed by atoms with van der Waals surface area (Å²) < 4.78 is 1.85. The molecule has 1 saturated heterocycles. The van der Waals surface area contributed by atoms with E-state index in [0.717, 1.165) is 24.9 Å². The number of amides is 1. The van der Waals surface area contributed by atoms with E-state index in [1.807, 2.05) is 34.9 Å². The largest absolute Gasteiger partial charge is 0.371 e. The van der Waals surface area contributed by atoms with Gasteiger partial charge in [0, 0.05) is 36.8 Å². The van der Waals surface area contributed by atoms with Gasteiger partial charge in [-0.1, -0.05) is 60.1 Å². The van der Waals surface area contributed by atoms with Crippen LogP contribution in [0.3, 0.4) is 0 Å². The molecule has 1 aliphatic heterocycles. The van der Waals surface area contributed by atoms with Crippen LogP contribution in [0, 0.1) is 0 Å². The van der Waals surface area contributed by atoms with Crippen LogP contribution in [-0.2, 0) is 6.54 Å². The molecule has 9 heteroatoms. The molecule has 178 valence electrons. The lowest BCUT2D eigenvalue weighted by Crippen LogP contribution is -2.44. The van der Waals surface area contributed by atoms with E-state index in [9.17, 15) is 9.59 Å². The minimum Gasteiger partial charge on any atom is -0.371 e. The fraction of sp³-hybridized carbons (Fsp3) is 0.320. The number of carbonyl (C=O) groups is 2. The number of nitrogens with zero attached hydrogens (tertiary/aromatic N) is 3. The van der Waals surface area contributed by atoms with Crippen LogP contribution >= 0.6 is 11.6 Å². The first kappa shape index (κ1) is 23.8. The maximum absolute atomic E-state index is 13.4. The minimum atomic E-state index is -0.388. The molecule has 0 bridgehead atoms. The predicted octanol–water partition coefficient (Wildman–Crippen LogP) is 3.17. The second kappa shape index (κ2) is 10.7. The number of ketones is 1. The van der Waals surface area contributed by atoms with Gasteiger partial charge in [-0.05, 0) is 24.5 Å². The van der Waals surface area contributed by atoms with Crippen LogP contribution in [0.25, 0.3) is 0 Å². The highest BCUT2D eigenvalue weighted by Crippen LogP contribution is 2.28. The van der Waals surface area contributed by atoms with Gasteiger partial charge in [0.1, 0.15) is 0 Å². The molecular weight excluding hydrogens is 452 g/mol. The van der Waals surface area contributed by atoms with Gasteiger partial charge in [-0.3, -0.25) is 14.2 Å². The van der Waals surface area contributed by atoms with Crippen molar-refractivity contribution in [2.45, 2.75) is 25.4 Å². The molecule has 0 aliphatic carbocycles. The molecule has 4 N–H and O–H groups in total. The van der Waals surface area contributed by atoms with Crippen LogP contribution in [0.1, 0.15) is 39.3 Å². The Hall–Kier alpha value is -3.36. The molecule has 0 saturated carbocycles. The van der Waals surface area contributed by atoms with Gasteiger partial charge in [0.05, 0.1) is 13.1 Å². The van der Waals surface area contributed by atoms with Crippen LogP contribution in [0.15, 0.2) is 54.6 Å². The number of rotatable bonds is 8. The zero-order valence-electron chi connectivity index (χ0n) is 19.1. The predicted molar refractivity (Wildman–Crippen MR) is 135 cm³/mol. The molecule has 1 aromatic heterocycles. The number of piperidine rings is 1.